The molecular formula is C18H18ClN5O3S. The van der Waals surface area contributed by atoms with E-state index in [1.165, 1.54) is 17.1 Å². The molecule has 1 N–H and O–H groups in total. The smallest absolute Gasteiger partial charge is 0.267 e. The largest absolute Gasteiger partial charge is 0.438 e. The van der Waals surface area contributed by atoms with Crippen molar-refractivity contribution in [2.75, 3.05) is 4.72 Å². The summed E-state index contributed by atoms with van der Waals surface area (Å²) in [5.74, 6) is 0.957. The zero-order chi connectivity index (χ0) is 19.9. The lowest BCUT2D eigenvalue weighted by Crippen LogP contribution is -2.15. The number of anilines is 1. The fourth-order valence-electron chi connectivity index (χ4n) is 2.75. The van der Waals surface area contributed by atoms with Gasteiger partial charge in [-0.05, 0) is 37.3 Å². The van der Waals surface area contributed by atoms with Gasteiger partial charge in [0, 0.05) is 13.2 Å². The lowest BCUT2D eigenvalue weighted by atomic mass is 10.2. The maximum atomic E-state index is 12.6. The minimum atomic E-state index is -3.90. The predicted molar refractivity (Wildman–Crippen MR) is 104 cm³/mol. The van der Waals surface area contributed by atoms with Crippen LogP contribution in [0.3, 0.4) is 0 Å². The molecule has 10 heteroatoms. The maximum absolute atomic E-state index is 12.6. The lowest BCUT2D eigenvalue weighted by Gasteiger charge is -2.14. The van der Waals surface area contributed by atoms with E-state index < -0.39 is 10.0 Å². The summed E-state index contributed by atoms with van der Waals surface area (Å²) in [7, 11) is -2.27. The zero-order valence-corrected chi connectivity index (χ0v) is 16.8. The van der Waals surface area contributed by atoms with Crippen LogP contribution in [0.5, 0.6) is 11.6 Å². The van der Waals surface area contributed by atoms with Crippen molar-refractivity contribution in [2.24, 2.45) is 7.05 Å². The summed E-state index contributed by atoms with van der Waals surface area (Å²) in [5, 5.41) is 4.06. The molecule has 0 aliphatic heterocycles. The first-order chi connectivity index (χ1) is 13.3. The summed E-state index contributed by atoms with van der Waals surface area (Å²) in [6.07, 6.45) is 4.56. The van der Waals surface area contributed by atoms with Crippen molar-refractivity contribution in [1.82, 2.24) is 19.7 Å². The van der Waals surface area contributed by atoms with Gasteiger partial charge in [-0.3, -0.25) is 4.68 Å². The minimum Gasteiger partial charge on any atom is -0.438 e. The third kappa shape index (κ3) is 3.81. The number of ether oxygens (including phenoxy) is 1. The molecule has 0 spiro atoms. The normalized spacial score (nSPS) is 14.1. The fourth-order valence-corrected chi connectivity index (χ4v) is 4.00. The monoisotopic (exact) mass is 419 g/mol. The highest BCUT2D eigenvalue weighted by molar-refractivity contribution is 7.92. The highest BCUT2D eigenvalue weighted by atomic mass is 35.5. The number of nitrogens with one attached hydrogen (secondary N) is 1. The van der Waals surface area contributed by atoms with E-state index in [1.54, 1.807) is 7.05 Å². The minimum absolute atomic E-state index is 0.00219. The first kappa shape index (κ1) is 18.7. The highest BCUT2D eigenvalue weighted by Crippen LogP contribution is 2.47. The van der Waals surface area contributed by atoms with Crippen molar-refractivity contribution in [3.8, 4) is 11.6 Å². The molecule has 1 aliphatic rings. The molecule has 1 aromatic carbocycles. The van der Waals surface area contributed by atoms with Crippen molar-refractivity contribution in [1.29, 1.82) is 0 Å². The van der Waals surface area contributed by atoms with Crippen molar-refractivity contribution in [2.45, 2.75) is 30.6 Å². The second-order valence-corrected chi connectivity index (χ2v) is 8.69. The highest BCUT2D eigenvalue weighted by Gasteiger charge is 2.32. The van der Waals surface area contributed by atoms with Crippen LogP contribution in [-0.2, 0) is 17.1 Å². The Labute approximate surface area is 167 Å². The van der Waals surface area contributed by atoms with Gasteiger partial charge in [0.1, 0.15) is 15.8 Å². The van der Waals surface area contributed by atoms with Gasteiger partial charge >= 0.3 is 0 Å². The molecule has 0 atom stereocenters. The van der Waals surface area contributed by atoms with E-state index in [0.717, 1.165) is 18.4 Å². The molecular weight excluding hydrogens is 402 g/mol. The van der Waals surface area contributed by atoms with Gasteiger partial charge in [0.2, 0.25) is 11.8 Å². The molecule has 1 fully saturated rings. The van der Waals surface area contributed by atoms with Crippen LogP contribution in [0.2, 0.25) is 5.15 Å². The molecule has 0 radical (unpaired) electrons. The number of benzene rings is 1. The quantitative estimate of drug-likeness (QED) is 0.612. The predicted octanol–water partition coefficient (Wildman–Crippen LogP) is 3.64. The number of nitrogens with zero attached hydrogens (tertiary/aromatic N) is 4. The van der Waals surface area contributed by atoms with E-state index in [4.69, 9.17) is 16.3 Å². The summed E-state index contributed by atoms with van der Waals surface area (Å²) in [6.45, 7) is 1.92. The number of para-hydroxylation sites is 1. The van der Waals surface area contributed by atoms with E-state index in [9.17, 15) is 8.42 Å². The van der Waals surface area contributed by atoms with Gasteiger partial charge in [0.15, 0.2) is 0 Å². The SMILES string of the molecule is Cc1ccccc1Oc1nc(NS(=O)(=O)c2cnn(C)c2)nc(Cl)c1C1CC1. The molecule has 2 aromatic heterocycles. The van der Waals surface area contributed by atoms with E-state index in [0.29, 0.717) is 11.3 Å². The Kier molecular flexibility index (Phi) is 4.72. The molecule has 1 aliphatic carbocycles. The Hall–Kier alpha value is -2.65. The topological polar surface area (TPSA) is 99.0 Å². The van der Waals surface area contributed by atoms with Gasteiger partial charge in [-0.25, -0.2) is 13.1 Å². The zero-order valence-electron chi connectivity index (χ0n) is 15.3. The number of sulfonamides is 1. The summed E-state index contributed by atoms with van der Waals surface area (Å²) < 4.78 is 34.8. The van der Waals surface area contributed by atoms with Crippen molar-refractivity contribution >= 4 is 27.6 Å². The van der Waals surface area contributed by atoms with E-state index >= 15 is 0 Å². The molecule has 0 bridgehead atoms. The van der Waals surface area contributed by atoms with Crippen molar-refractivity contribution in [3.63, 3.8) is 0 Å². The first-order valence-electron chi connectivity index (χ1n) is 8.66. The van der Waals surface area contributed by atoms with Gasteiger partial charge in [0.05, 0.1) is 11.8 Å². The molecule has 8 nitrogen and oxygen atoms in total. The Balaban J connectivity index is 1.71. The Morgan fingerprint density at radius 3 is 2.64 bits per heavy atom. The molecule has 28 heavy (non-hydrogen) atoms. The van der Waals surface area contributed by atoms with Crippen LogP contribution < -0.4 is 9.46 Å². The number of aryl methyl sites for hydroxylation is 2. The third-order valence-electron chi connectivity index (χ3n) is 4.37. The van der Waals surface area contributed by atoms with Gasteiger partial charge in [0.25, 0.3) is 10.0 Å². The summed E-state index contributed by atoms with van der Waals surface area (Å²) in [6, 6.07) is 7.50. The molecule has 2 heterocycles. The second kappa shape index (κ2) is 7.06. The van der Waals surface area contributed by atoms with Gasteiger partial charge in [-0.1, -0.05) is 29.8 Å². The number of hydrogen-bond acceptors (Lipinski definition) is 6. The van der Waals surface area contributed by atoms with Crippen molar-refractivity contribution in [3.05, 3.63) is 52.9 Å². The summed E-state index contributed by atoms with van der Waals surface area (Å²) in [4.78, 5) is 8.45. The lowest BCUT2D eigenvalue weighted by molar-refractivity contribution is 0.452. The number of hydrogen-bond donors (Lipinski definition) is 1. The van der Waals surface area contributed by atoms with Crippen LogP contribution >= 0.6 is 11.6 Å². The van der Waals surface area contributed by atoms with Crippen LogP contribution in [0.15, 0.2) is 41.6 Å². The van der Waals surface area contributed by atoms with E-state index in [1.807, 2.05) is 31.2 Å². The summed E-state index contributed by atoms with van der Waals surface area (Å²) >= 11 is 6.37. The molecule has 0 unspecified atom stereocenters. The van der Waals surface area contributed by atoms with Crippen LogP contribution in [0.25, 0.3) is 0 Å². The van der Waals surface area contributed by atoms with Crippen LogP contribution in [-0.4, -0.2) is 28.2 Å². The third-order valence-corrected chi connectivity index (χ3v) is 5.94. The number of halogens is 1. The van der Waals surface area contributed by atoms with E-state index in [2.05, 4.69) is 19.8 Å². The molecule has 3 aromatic rings. The fraction of sp³-hybridized carbons (Fsp3) is 0.278. The van der Waals surface area contributed by atoms with Gasteiger partial charge < -0.3 is 4.74 Å². The Morgan fingerprint density at radius 1 is 1.25 bits per heavy atom. The Bertz CT molecular complexity index is 1140. The van der Waals surface area contributed by atoms with E-state index in [-0.39, 0.29) is 27.8 Å². The van der Waals surface area contributed by atoms with Crippen LogP contribution in [0, 0.1) is 6.92 Å². The van der Waals surface area contributed by atoms with Crippen LogP contribution in [0.1, 0.15) is 29.9 Å². The average molecular weight is 420 g/mol. The number of aromatic nitrogens is 4. The first-order valence-corrected chi connectivity index (χ1v) is 10.5. The second-order valence-electron chi connectivity index (χ2n) is 6.65. The Morgan fingerprint density at radius 2 is 2.00 bits per heavy atom. The summed E-state index contributed by atoms with van der Waals surface area (Å²) in [5.41, 5.74) is 1.63. The van der Waals surface area contributed by atoms with Crippen molar-refractivity contribution < 1.29 is 13.2 Å². The maximum Gasteiger partial charge on any atom is 0.267 e. The van der Waals surface area contributed by atoms with Crippen LogP contribution in [0.4, 0.5) is 5.95 Å². The molecule has 0 amide bonds. The standard InChI is InChI=1S/C18H18ClN5O3S/c1-11-5-3-4-6-14(11)27-17-15(12-7-8-12)16(19)21-18(22-17)23-28(25,26)13-9-20-24(2)10-13/h3-6,9-10,12H,7-8H2,1-2H3,(H,21,22,23). The number of rotatable bonds is 6. The molecule has 0 saturated heterocycles. The molecule has 146 valence electrons. The van der Waals surface area contributed by atoms with Gasteiger partial charge in [-0.2, -0.15) is 15.1 Å². The molecule has 1 saturated carbocycles. The van der Waals surface area contributed by atoms with Gasteiger partial charge in [-0.15, -0.1) is 0 Å². The molecule has 4 rings (SSSR count). The average Bonchev–Trinajstić information content (AvgIpc) is 3.35.